The Kier molecular flexibility index (Phi) is 4.47. The zero-order chi connectivity index (χ0) is 18.3. The molecule has 6 heteroatoms. The Bertz CT molecular complexity index is 951. The molecule has 2 heterocycles. The summed E-state index contributed by atoms with van der Waals surface area (Å²) >= 11 is 6.27. The number of halogens is 2. The fourth-order valence-electron chi connectivity index (χ4n) is 3.57. The van der Waals surface area contributed by atoms with Crippen LogP contribution in [-0.2, 0) is 6.42 Å². The van der Waals surface area contributed by atoms with Crippen molar-refractivity contribution in [3.63, 3.8) is 0 Å². The highest BCUT2D eigenvalue weighted by atomic mass is 35.5. The van der Waals surface area contributed by atoms with Gasteiger partial charge in [-0.15, -0.1) is 0 Å². The van der Waals surface area contributed by atoms with E-state index in [1.165, 1.54) is 0 Å². The number of rotatable bonds is 3. The van der Waals surface area contributed by atoms with Gasteiger partial charge in [0.2, 0.25) is 5.25 Å². The number of pyridine rings is 1. The summed E-state index contributed by atoms with van der Waals surface area (Å²) < 4.78 is 15.1. The number of nitrogens with zero attached hydrogens (tertiary/aromatic N) is 3. The summed E-state index contributed by atoms with van der Waals surface area (Å²) in [5, 5.41) is -0.0782. The minimum absolute atomic E-state index is 0.114. The number of hydrogen-bond donors (Lipinski definition) is 1. The van der Waals surface area contributed by atoms with Crippen molar-refractivity contribution in [1.82, 2.24) is 14.8 Å². The molecule has 136 valence electrons. The molecular formula is C20H22ClFN4. The van der Waals surface area contributed by atoms with Crippen molar-refractivity contribution in [3.05, 3.63) is 48.0 Å². The predicted molar refractivity (Wildman–Crippen MR) is 106 cm³/mol. The van der Waals surface area contributed by atoms with E-state index in [0.717, 1.165) is 40.5 Å². The Labute approximate surface area is 157 Å². The molecule has 4 nitrogen and oxygen atoms in total. The number of nitrogen functional groups attached to an aromatic ring is 1. The molecule has 2 N–H and O–H groups in total. The van der Waals surface area contributed by atoms with Crippen LogP contribution >= 0.6 is 11.6 Å². The standard InChI is InChI=1S/C20H22ClFN4/c1-25-8-10-26(11-9-25)20(21,22)13-14-6-7-16-18(12-14)24-17-5-3-2-4-15(17)19(16)23/h2-7,12H,8-11,13H2,1H3,(H2,23,24). The molecule has 0 spiro atoms. The Hall–Kier alpha value is -1.95. The topological polar surface area (TPSA) is 45.4 Å². The zero-order valence-electron chi connectivity index (χ0n) is 14.8. The van der Waals surface area contributed by atoms with E-state index in [1.807, 2.05) is 49.5 Å². The summed E-state index contributed by atoms with van der Waals surface area (Å²) in [6, 6.07) is 13.5. The SMILES string of the molecule is CN1CCN(C(F)(Cl)Cc2ccc3c(N)c4ccccc4nc3c2)CC1. The Morgan fingerprint density at radius 2 is 1.77 bits per heavy atom. The molecule has 0 aliphatic carbocycles. The number of alkyl halides is 2. The summed E-state index contributed by atoms with van der Waals surface area (Å²) in [5.41, 5.74) is 9.43. The summed E-state index contributed by atoms with van der Waals surface area (Å²) in [6.07, 6.45) is 0.114. The molecule has 1 aliphatic rings. The number of piperazine rings is 1. The largest absolute Gasteiger partial charge is 0.398 e. The van der Waals surface area contributed by atoms with Gasteiger partial charge < -0.3 is 10.6 Å². The van der Waals surface area contributed by atoms with Gasteiger partial charge in [-0.2, -0.15) is 0 Å². The molecule has 0 radical (unpaired) electrons. The van der Waals surface area contributed by atoms with Crippen LogP contribution in [-0.4, -0.2) is 53.3 Å². The zero-order valence-corrected chi connectivity index (χ0v) is 15.5. The van der Waals surface area contributed by atoms with Crippen LogP contribution in [0.25, 0.3) is 21.8 Å². The van der Waals surface area contributed by atoms with Gasteiger partial charge >= 0.3 is 0 Å². The van der Waals surface area contributed by atoms with Crippen LogP contribution in [0, 0.1) is 0 Å². The molecule has 0 amide bonds. The van der Waals surface area contributed by atoms with Crippen LogP contribution in [0.15, 0.2) is 42.5 Å². The first-order chi connectivity index (χ1) is 12.4. The van der Waals surface area contributed by atoms with Gasteiger partial charge in [-0.25, -0.2) is 9.37 Å². The highest BCUT2D eigenvalue weighted by molar-refractivity contribution is 6.22. The molecule has 2 aromatic carbocycles. The maximum absolute atomic E-state index is 15.1. The van der Waals surface area contributed by atoms with Gasteiger partial charge in [0.15, 0.2) is 0 Å². The van der Waals surface area contributed by atoms with Gasteiger partial charge in [0.05, 0.1) is 16.7 Å². The van der Waals surface area contributed by atoms with Crippen LogP contribution in [0.5, 0.6) is 0 Å². The van der Waals surface area contributed by atoms with Gasteiger partial charge in [-0.05, 0) is 24.7 Å². The maximum atomic E-state index is 15.1. The average molecular weight is 373 g/mol. The third kappa shape index (κ3) is 3.22. The summed E-state index contributed by atoms with van der Waals surface area (Å²) in [4.78, 5) is 8.57. The average Bonchev–Trinajstić information content (AvgIpc) is 2.62. The molecule has 1 unspecified atom stereocenters. The number of anilines is 1. The lowest BCUT2D eigenvalue weighted by Gasteiger charge is -2.38. The van der Waals surface area contributed by atoms with Gasteiger partial charge in [0.25, 0.3) is 0 Å². The van der Waals surface area contributed by atoms with Crippen LogP contribution in [0.1, 0.15) is 5.56 Å². The van der Waals surface area contributed by atoms with E-state index < -0.39 is 5.25 Å². The van der Waals surface area contributed by atoms with Crippen molar-refractivity contribution in [2.24, 2.45) is 0 Å². The highest BCUT2D eigenvalue weighted by Gasteiger charge is 2.36. The van der Waals surface area contributed by atoms with Crippen molar-refractivity contribution in [1.29, 1.82) is 0 Å². The number of nitrogens with two attached hydrogens (primary N) is 1. The van der Waals surface area contributed by atoms with E-state index in [1.54, 1.807) is 4.90 Å². The maximum Gasteiger partial charge on any atom is 0.243 e. The molecular weight excluding hydrogens is 351 g/mol. The van der Waals surface area contributed by atoms with Crippen molar-refractivity contribution in [2.75, 3.05) is 39.0 Å². The van der Waals surface area contributed by atoms with E-state index in [-0.39, 0.29) is 6.42 Å². The minimum atomic E-state index is -1.89. The molecule has 3 aromatic rings. The van der Waals surface area contributed by atoms with Crippen molar-refractivity contribution in [3.8, 4) is 0 Å². The van der Waals surface area contributed by atoms with Gasteiger partial charge in [0, 0.05) is 43.4 Å². The molecule has 1 aromatic heterocycles. The van der Waals surface area contributed by atoms with E-state index in [0.29, 0.717) is 18.8 Å². The van der Waals surface area contributed by atoms with Gasteiger partial charge in [-0.1, -0.05) is 41.9 Å². The first-order valence-electron chi connectivity index (χ1n) is 8.82. The molecule has 26 heavy (non-hydrogen) atoms. The number of likely N-dealkylation sites (N-methyl/N-ethyl adjacent to an activating group) is 1. The lowest BCUT2D eigenvalue weighted by molar-refractivity contribution is 0.00738. The molecule has 1 aliphatic heterocycles. The monoisotopic (exact) mass is 372 g/mol. The Balaban J connectivity index is 1.66. The number of benzene rings is 2. The van der Waals surface area contributed by atoms with Crippen LogP contribution in [0.4, 0.5) is 10.1 Å². The lowest BCUT2D eigenvalue weighted by Crippen LogP contribution is -2.52. The number of fused-ring (bicyclic) bond motifs is 2. The number of para-hydroxylation sites is 1. The molecule has 1 atom stereocenters. The first kappa shape index (κ1) is 17.5. The van der Waals surface area contributed by atoms with Crippen LogP contribution in [0.2, 0.25) is 0 Å². The van der Waals surface area contributed by atoms with Crippen LogP contribution < -0.4 is 5.73 Å². The molecule has 0 bridgehead atoms. The Morgan fingerprint density at radius 1 is 1.08 bits per heavy atom. The molecule has 4 rings (SSSR count). The number of hydrogen-bond acceptors (Lipinski definition) is 4. The third-order valence-corrected chi connectivity index (χ3v) is 5.54. The smallest absolute Gasteiger partial charge is 0.243 e. The second-order valence-corrected chi connectivity index (χ2v) is 7.61. The Morgan fingerprint density at radius 3 is 2.54 bits per heavy atom. The predicted octanol–water partition coefficient (Wildman–Crippen LogP) is 3.62. The van der Waals surface area contributed by atoms with Gasteiger partial charge in [-0.3, -0.25) is 4.90 Å². The lowest BCUT2D eigenvalue weighted by atomic mass is 10.0. The van der Waals surface area contributed by atoms with E-state index in [4.69, 9.17) is 17.3 Å². The fourth-order valence-corrected chi connectivity index (χ4v) is 3.90. The molecule has 1 fully saturated rings. The van der Waals surface area contributed by atoms with E-state index in [9.17, 15) is 0 Å². The second-order valence-electron chi connectivity index (χ2n) is 7.03. The highest BCUT2D eigenvalue weighted by Crippen LogP contribution is 2.32. The van der Waals surface area contributed by atoms with E-state index >= 15 is 4.39 Å². The first-order valence-corrected chi connectivity index (χ1v) is 9.20. The van der Waals surface area contributed by atoms with E-state index in [2.05, 4.69) is 9.88 Å². The quantitative estimate of drug-likeness (QED) is 0.433. The molecule has 1 saturated heterocycles. The summed E-state index contributed by atoms with van der Waals surface area (Å²) in [6.45, 7) is 2.89. The fraction of sp³-hybridized carbons (Fsp3) is 0.350. The second kappa shape index (κ2) is 6.65. The van der Waals surface area contributed by atoms with Crippen molar-refractivity contribution >= 4 is 39.1 Å². The summed E-state index contributed by atoms with van der Waals surface area (Å²) in [7, 11) is 2.04. The molecule has 0 saturated carbocycles. The third-order valence-electron chi connectivity index (χ3n) is 5.17. The van der Waals surface area contributed by atoms with Crippen molar-refractivity contribution in [2.45, 2.75) is 11.7 Å². The minimum Gasteiger partial charge on any atom is -0.398 e. The van der Waals surface area contributed by atoms with Gasteiger partial charge in [0.1, 0.15) is 0 Å². The summed E-state index contributed by atoms with van der Waals surface area (Å²) in [5.74, 6) is 0. The number of aromatic nitrogens is 1. The van der Waals surface area contributed by atoms with Crippen molar-refractivity contribution < 1.29 is 4.39 Å². The normalized spacial score (nSPS) is 19.0. The van der Waals surface area contributed by atoms with Crippen LogP contribution in [0.3, 0.4) is 0 Å².